The maximum atomic E-state index is 13.3. The molecular weight excluding hydrogens is 574 g/mol. The van der Waals surface area contributed by atoms with Gasteiger partial charge in [0.2, 0.25) is 0 Å². The van der Waals surface area contributed by atoms with Gasteiger partial charge in [-0.05, 0) is 72.7 Å². The van der Waals surface area contributed by atoms with Crippen LogP contribution in [0.3, 0.4) is 0 Å². The Balaban J connectivity index is 1.26. The minimum Gasteiger partial charge on any atom is -0.494 e. The van der Waals surface area contributed by atoms with Crippen LogP contribution in [0.1, 0.15) is 41.6 Å². The normalized spacial score (nSPS) is 10.6. The van der Waals surface area contributed by atoms with Gasteiger partial charge < -0.3 is 29.3 Å². The first-order valence-corrected chi connectivity index (χ1v) is 14.8. The van der Waals surface area contributed by atoms with Gasteiger partial charge >= 0.3 is 11.9 Å². The second-order valence-corrected chi connectivity index (χ2v) is 10.4. The monoisotopic (exact) mass is 611 g/mol. The van der Waals surface area contributed by atoms with Crippen molar-refractivity contribution in [3.8, 4) is 28.4 Å². The van der Waals surface area contributed by atoms with Gasteiger partial charge in [-0.2, -0.15) is 0 Å². The van der Waals surface area contributed by atoms with Gasteiger partial charge in [-0.3, -0.25) is 14.4 Å². The van der Waals surface area contributed by atoms with E-state index in [0.717, 1.165) is 47.5 Å². The average molecular weight is 612 g/mol. The minimum atomic E-state index is -1.32. The number of carbonyl (C=O) groups excluding carboxylic acids is 1. The van der Waals surface area contributed by atoms with Crippen LogP contribution in [0, 0.1) is 0 Å². The van der Waals surface area contributed by atoms with Gasteiger partial charge in [0.05, 0.1) is 18.8 Å². The standard InChI is InChI=1S/C36H37NO8/c38-34(39)24-37(25-35(40)41)36(42)32-23-31(19-20-33(32)45-26-27-11-5-3-6-12-27)44-22-10-2-1-9-21-43-30-17-15-29(16-18-30)28-13-7-4-8-14-28/h3-8,11-20,23H,1-2,9-10,21-22,24-26H2,(H,38,39)(H,40,41). The molecule has 0 saturated carbocycles. The van der Waals surface area contributed by atoms with Crippen molar-refractivity contribution in [3.63, 3.8) is 0 Å². The number of amides is 1. The third kappa shape index (κ3) is 10.7. The van der Waals surface area contributed by atoms with Crippen molar-refractivity contribution >= 4 is 17.8 Å². The zero-order valence-corrected chi connectivity index (χ0v) is 25.0. The van der Waals surface area contributed by atoms with Crippen LogP contribution in [0.25, 0.3) is 11.1 Å². The number of benzene rings is 4. The highest BCUT2D eigenvalue weighted by Gasteiger charge is 2.25. The van der Waals surface area contributed by atoms with Gasteiger partial charge in [0, 0.05) is 0 Å². The third-order valence-electron chi connectivity index (χ3n) is 6.90. The molecule has 0 atom stereocenters. The fourth-order valence-corrected chi connectivity index (χ4v) is 4.64. The van der Waals surface area contributed by atoms with Crippen LogP contribution >= 0.6 is 0 Å². The summed E-state index contributed by atoms with van der Waals surface area (Å²) in [6.45, 7) is -0.339. The van der Waals surface area contributed by atoms with Crippen LogP contribution in [-0.2, 0) is 16.2 Å². The number of hydrogen-bond donors (Lipinski definition) is 2. The summed E-state index contributed by atoms with van der Waals surface area (Å²) in [6.07, 6.45) is 3.56. The largest absolute Gasteiger partial charge is 0.494 e. The fourth-order valence-electron chi connectivity index (χ4n) is 4.64. The number of carboxylic acid groups (broad SMARTS) is 2. The van der Waals surface area contributed by atoms with E-state index in [1.54, 1.807) is 12.1 Å². The zero-order valence-electron chi connectivity index (χ0n) is 25.0. The molecule has 9 heteroatoms. The maximum Gasteiger partial charge on any atom is 0.323 e. The number of carbonyl (C=O) groups is 3. The van der Waals surface area contributed by atoms with E-state index < -0.39 is 30.9 Å². The van der Waals surface area contributed by atoms with Crippen LogP contribution in [0.2, 0.25) is 0 Å². The van der Waals surface area contributed by atoms with E-state index in [1.807, 2.05) is 60.7 Å². The first-order chi connectivity index (χ1) is 21.9. The lowest BCUT2D eigenvalue weighted by Crippen LogP contribution is -2.39. The highest BCUT2D eigenvalue weighted by Crippen LogP contribution is 2.27. The molecule has 234 valence electrons. The van der Waals surface area contributed by atoms with Crippen LogP contribution < -0.4 is 14.2 Å². The summed E-state index contributed by atoms with van der Waals surface area (Å²) in [4.78, 5) is 36.7. The van der Waals surface area contributed by atoms with E-state index in [4.69, 9.17) is 14.2 Å². The molecule has 9 nitrogen and oxygen atoms in total. The first-order valence-electron chi connectivity index (χ1n) is 14.8. The lowest BCUT2D eigenvalue weighted by atomic mass is 10.1. The van der Waals surface area contributed by atoms with Crippen molar-refractivity contribution < 1.29 is 38.8 Å². The predicted octanol–water partition coefficient (Wildman–Crippen LogP) is 6.56. The van der Waals surface area contributed by atoms with Crippen molar-refractivity contribution in [2.24, 2.45) is 0 Å². The highest BCUT2D eigenvalue weighted by atomic mass is 16.5. The summed E-state index contributed by atoms with van der Waals surface area (Å²) in [5.74, 6) is -1.98. The van der Waals surface area contributed by atoms with Crippen LogP contribution in [-0.4, -0.2) is 59.3 Å². The number of hydrogen-bond acceptors (Lipinski definition) is 6. The van der Waals surface area contributed by atoms with E-state index in [1.165, 1.54) is 11.6 Å². The van der Waals surface area contributed by atoms with Gasteiger partial charge in [-0.25, -0.2) is 0 Å². The Morgan fingerprint density at radius 2 is 1.11 bits per heavy atom. The molecule has 0 aliphatic rings. The fraction of sp³-hybridized carbons (Fsp3) is 0.250. The third-order valence-corrected chi connectivity index (χ3v) is 6.90. The van der Waals surface area contributed by atoms with E-state index in [2.05, 4.69) is 24.3 Å². The van der Waals surface area contributed by atoms with E-state index in [0.29, 0.717) is 19.0 Å². The van der Waals surface area contributed by atoms with E-state index >= 15 is 0 Å². The Kier molecular flexibility index (Phi) is 12.4. The van der Waals surface area contributed by atoms with Gasteiger partial charge in [0.1, 0.15) is 36.9 Å². The summed E-state index contributed by atoms with van der Waals surface area (Å²) in [5, 5.41) is 18.5. The molecule has 0 heterocycles. The van der Waals surface area contributed by atoms with Crippen molar-refractivity contribution in [1.29, 1.82) is 0 Å². The topological polar surface area (TPSA) is 123 Å². The van der Waals surface area contributed by atoms with Crippen molar-refractivity contribution in [3.05, 3.63) is 114 Å². The number of ether oxygens (including phenoxy) is 3. The van der Waals surface area contributed by atoms with Gasteiger partial charge in [0.15, 0.2) is 0 Å². The molecular formula is C36H37NO8. The molecule has 0 spiro atoms. The Labute approximate surface area is 262 Å². The molecule has 0 radical (unpaired) electrons. The molecule has 1 amide bonds. The van der Waals surface area contributed by atoms with Crippen molar-refractivity contribution in [2.45, 2.75) is 32.3 Å². The Bertz CT molecular complexity index is 1510. The molecule has 2 N–H and O–H groups in total. The summed E-state index contributed by atoms with van der Waals surface area (Å²) in [7, 11) is 0. The number of rotatable bonds is 18. The zero-order chi connectivity index (χ0) is 31.9. The lowest BCUT2D eigenvalue weighted by molar-refractivity contribution is -0.140. The summed E-state index contributed by atoms with van der Waals surface area (Å²) >= 11 is 0. The van der Waals surface area contributed by atoms with E-state index in [-0.39, 0.29) is 17.9 Å². The smallest absolute Gasteiger partial charge is 0.323 e. The quantitative estimate of drug-likeness (QED) is 0.121. The highest BCUT2D eigenvalue weighted by molar-refractivity contribution is 6.00. The summed E-state index contributed by atoms with van der Waals surface area (Å²) < 4.78 is 17.7. The Morgan fingerprint density at radius 1 is 0.578 bits per heavy atom. The van der Waals surface area contributed by atoms with Crippen LogP contribution in [0.15, 0.2) is 103 Å². The summed E-state index contributed by atoms with van der Waals surface area (Å²) in [5.41, 5.74) is 3.21. The van der Waals surface area contributed by atoms with Gasteiger partial charge in [-0.1, -0.05) is 72.8 Å². The molecule has 0 aromatic heterocycles. The Hall–Kier alpha value is -5.31. The lowest BCUT2D eigenvalue weighted by Gasteiger charge is -2.21. The predicted molar refractivity (Wildman–Crippen MR) is 170 cm³/mol. The molecule has 45 heavy (non-hydrogen) atoms. The molecule has 0 unspecified atom stereocenters. The number of aliphatic carboxylic acids is 2. The SMILES string of the molecule is O=C(O)CN(CC(=O)O)C(=O)c1cc(OCCCCCCOc2ccc(-c3ccccc3)cc2)ccc1OCc1ccccc1. The molecule has 4 aromatic carbocycles. The minimum absolute atomic E-state index is 0.0277. The maximum absolute atomic E-state index is 13.3. The molecule has 4 aromatic rings. The molecule has 0 aliphatic heterocycles. The molecule has 4 rings (SSSR count). The molecule has 0 aliphatic carbocycles. The molecule has 0 fully saturated rings. The first kappa shape index (κ1) is 32.6. The second-order valence-electron chi connectivity index (χ2n) is 10.4. The van der Waals surface area contributed by atoms with Gasteiger partial charge in [0.25, 0.3) is 5.91 Å². The van der Waals surface area contributed by atoms with E-state index in [9.17, 15) is 24.6 Å². The summed E-state index contributed by atoms with van der Waals surface area (Å²) in [6, 6.07) is 32.3. The average Bonchev–Trinajstić information content (AvgIpc) is 3.05. The Morgan fingerprint density at radius 3 is 1.71 bits per heavy atom. The molecule has 0 saturated heterocycles. The number of nitrogens with zero attached hydrogens (tertiary/aromatic N) is 1. The van der Waals surface area contributed by atoms with Crippen molar-refractivity contribution in [2.75, 3.05) is 26.3 Å². The second kappa shape index (κ2) is 17.1. The number of carboxylic acids is 2. The number of unbranched alkanes of at least 4 members (excludes halogenated alkanes) is 3. The van der Waals surface area contributed by atoms with Gasteiger partial charge in [-0.15, -0.1) is 0 Å². The van der Waals surface area contributed by atoms with Crippen LogP contribution in [0.5, 0.6) is 17.2 Å². The van der Waals surface area contributed by atoms with Crippen molar-refractivity contribution in [1.82, 2.24) is 4.90 Å². The molecule has 0 bridgehead atoms. The van der Waals surface area contributed by atoms with Crippen LogP contribution in [0.4, 0.5) is 0 Å².